The summed E-state index contributed by atoms with van der Waals surface area (Å²) in [6.07, 6.45) is 19.2. The summed E-state index contributed by atoms with van der Waals surface area (Å²) in [5.41, 5.74) is 0.148. The van der Waals surface area contributed by atoms with E-state index < -0.39 is 11.8 Å². The normalized spacial score (nSPS) is 17.1. The van der Waals surface area contributed by atoms with Gasteiger partial charge in [-0.2, -0.15) is 0 Å². The Morgan fingerprint density at radius 3 is 1.97 bits per heavy atom. The summed E-state index contributed by atoms with van der Waals surface area (Å²) >= 11 is 0. The Labute approximate surface area is 235 Å². The highest BCUT2D eigenvalue weighted by Crippen LogP contribution is 2.34. The molecule has 0 bridgehead atoms. The minimum Gasteiger partial charge on any atom is -0.494 e. The molecule has 0 aromatic heterocycles. The second-order valence-electron chi connectivity index (χ2n) is 11.1. The first-order chi connectivity index (χ1) is 19.1. The predicted molar refractivity (Wildman–Crippen MR) is 156 cm³/mol. The van der Waals surface area contributed by atoms with Crippen LogP contribution in [0.15, 0.2) is 42.5 Å². The summed E-state index contributed by atoms with van der Waals surface area (Å²) in [7, 11) is 0. The molecule has 0 amide bonds. The quantitative estimate of drug-likeness (QED) is 0.107. The largest absolute Gasteiger partial charge is 0.494 e. The predicted octanol–water partition coefficient (Wildman–Crippen LogP) is 9.94. The number of ether oxygens (including phenoxy) is 3. The van der Waals surface area contributed by atoms with Gasteiger partial charge in [-0.05, 0) is 73.6 Å². The van der Waals surface area contributed by atoms with E-state index in [9.17, 15) is 9.18 Å². The van der Waals surface area contributed by atoms with Crippen molar-refractivity contribution >= 4 is 5.97 Å². The van der Waals surface area contributed by atoms with E-state index in [1.807, 2.05) is 12.1 Å². The van der Waals surface area contributed by atoms with E-state index in [1.54, 1.807) is 12.1 Å². The van der Waals surface area contributed by atoms with E-state index in [1.165, 1.54) is 82.8 Å². The van der Waals surface area contributed by atoms with E-state index in [4.69, 9.17) is 14.2 Å². The van der Waals surface area contributed by atoms with Gasteiger partial charge in [-0.25, -0.2) is 9.18 Å². The van der Waals surface area contributed by atoms with Gasteiger partial charge in [-0.15, -0.1) is 0 Å². The molecule has 1 aliphatic carbocycles. The van der Waals surface area contributed by atoms with Gasteiger partial charge in [0.05, 0.1) is 18.8 Å². The topological polar surface area (TPSA) is 44.8 Å². The first-order valence-corrected chi connectivity index (χ1v) is 15.5. The van der Waals surface area contributed by atoms with E-state index in [-0.39, 0.29) is 11.3 Å². The molecule has 0 heterocycles. The third-order valence-corrected chi connectivity index (χ3v) is 7.92. The molecule has 1 fully saturated rings. The molecule has 0 aliphatic heterocycles. The molecule has 5 heteroatoms. The molecule has 0 radical (unpaired) electrons. The van der Waals surface area contributed by atoms with Crippen LogP contribution in [0.25, 0.3) is 0 Å². The maximum atomic E-state index is 14.3. The molecular weight excluding hydrogens is 491 g/mol. The molecule has 216 valence electrons. The van der Waals surface area contributed by atoms with E-state index in [0.29, 0.717) is 19.0 Å². The molecule has 0 atom stereocenters. The summed E-state index contributed by atoms with van der Waals surface area (Å²) in [5, 5.41) is 0. The van der Waals surface area contributed by atoms with Gasteiger partial charge >= 0.3 is 5.97 Å². The van der Waals surface area contributed by atoms with Gasteiger partial charge in [0.15, 0.2) is 11.6 Å². The minimum atomic E-state index is -0.605. The van der Waals surface area contributed by atoms with E-state index in [2.05, 4.69) is 13.8 Å². The van der Waals surface area contributed by atoms with Crippen molar-refractivity contribution in [2.75, 3.05) is 13.2 Å². The van der Waals surface area contributed by atoms with Crippen molar-refractivity contribution in [1.29, 1.82) is 0 Å². The minimum absolute atomic E-state index is 0.148. The summed E-state index contributed by atoms with van der Waals surface area (Å²) in [6.45, 7) is 5.54. The van der Waals surface area contributed by atoms with Crippen molar-refractivity contribution in [2.24, 2.45) is 11.8 Å². The van der Waals surface area contributed by atoms with Gasteiger partial charge in [0.1, 0.15) is 11.5 Å². The highest BCUT2D eigenvalue weighted by molar-refractivity contribution is 5.91. The van der Waals surface area contributed by atoms with Crippen molar-refractivity contribution in [1.82, 2.24) is 0 Å². The molecule has 39 heavy (non-hydrogen) atoms. The fourth-order valence-electron chi connectivity index (χ4n) is 5.46. The first-order valence-electron chi connectivity index (χ1n) is 15.5. The van der Waals surface area contributed by atoms with Crippen molar-refractivity contribution < 1.29 is 23.4 Å². The lowest BCUT2D eigenvalue weighted by molar-refractivity contribution is 0.0734. The molecule has 0 N–H and O–H groups in total. The van der Waals surface area contributed by atoms with E-state index >= 15 is 0 Å². The average molecular weight is 541 g/mol. The van der Waals surface area contributed by atoms with Crippen LogP contribution in [0.1, 0.15) is 121 Å². The second-order valence-corrected chi connectivity index (χ2v) is 11.1. The van der Waals surface area contributed by atoms with Gasteiger partial charge in [0, 0.05) is 0 Å². The number of benzene rings is 2. The van der Waals surface area contributed by atoms with Gasteiger partial charge in [0.2, 0.25) is 0 Å². The van der Waals surface area contributed by atoms with Gasteiger partial charge in [-0.1, -0.05) is 90.9 Å². The van der Waals surface area contributed by atoms with E-state index in [0.717, 1.165) is 49.3 Å². The number of esters is 1. The number of carbonyl (C=O) groups is 1. The number of carbonyl (C=O) groups excluding carboxylic acids is 1. The Morgan fingerprint density at radius 1 is 0.718 bits per heavy atom. The number of hydrogen-bond donors (Lipinski definition) is 0. The molecule has 0 unspecified atom stereocenters. The number of halogens is 1. The van der Waals surface area contributed by atoms with Crippen molar-refractivity contribution in [3.05, 3.63) is 53.8 Å². The Bertz CT molecular complexity index is 950. The number of rotatable bonds is 18. The summed E-state index contributed by atoms with van der Waals surface area (Å²) in [4.78, 5) is 12.5. The number of hydrogen-bond acceptors (Lipinski definition) is 4. The maximum Gasteiger partial charge on any atom is 0.343 e. The average Bonchev–Trinajstić information content (AvgIpc) is 2.95. The Kier molecular flexibility index (Phi) is 14.2. The fraction of sp³-hybridized carbons (Fsp3) is 0.618. The zero-order valence-electron chi connectivity index (χ0n) is 24.2. The molecule has 2 aromatic carbocycles. The SMILES string of the molecule is CCCCCCC[C@H]1CC[C@H](CCCOc2ccc(OC(=O)c3ccc(OCCCCC)c(F)c3)cc2)CC1. The van der Waals surface area contributed by atoms with Crippen LogP contribution in [0, 0.1) is 17.7 Å². The van der Waals surface area contributed by atoms with Gasteiger partial charge < -0.3 is 14.2 Å². The zero-order valence-corrected chi connectivity index (χ0v) is 24.2. The molecule has 0 saturated heterocycles. The van der Waals surface area contributed by atoms with Crippen LogP contribution < -0.4 is 14.2 Å². The molecule has 2 aromatic rings. The Balaban J connectivity index is 1.30. The standard InChI is InChI=1S/C34H49FO4/c1-3-5-7-8-9-12-27-14-16-28(17-15-27)13-11-25-37-30-19-21-31(22-20-30)39-34(36)29-18-23-33(32(35)26-29)38-24-10-6-4-2/h18-23,26-28H,3-17,24-25H2,1-2H3/t27-,28-. The van der Waals surface area contributed by atoms with Gasteiger partial charge in [-0.3, -0.25) is 0 Å². The third-order valence-electron chi connectivity index (χ3n) is 7.92. The second kappa shape index (κ2) is 17.9. The van der Waals surface area contributed by atoms with Crippen LogP contribution in [-0.4, -0.2) is 19.2 Å². The van der Waals surface area contributed by atoms with Gasteiger partial charge in [0.25, 0.3) is 0 Å². The molecule has 3 rings (SSSR count). The lowest BCUT2D eigenvalue weighted by Crippen LogP contribution is -2.15. The maximum absolute atomic E-state index is 14.3. The fourth-order valence-corrected chi connectivity index (χ4v) is 5.46. The lowest BCUT2D eigenvalue weighted by Gasteiger charge is -2.28. The molecule has 1 saturated carbocycles. The Morgan fingerprint density at radius 2 is 1.31 bits per heavy atom. The Hall–Kier alpha value is -2.56. The van der Waals surface area contributed by atoms with Crippen LogP contribution in [0.5, 0.6) is 17.2 Å². The number of unbranched alkanes of at least 4 members (excludes halogenated alkanes) is 6. The smallest absolute Gasteiger partial charge is 0.343 e. The van der Waals surface area contributed by atoms with Crippen LogP contribution in [0.4, 0.5) is 4.39 Å². The van der Waals surface area contributed by atoms with Crippen LogP contribution in [0.2, 0.25) is 0 Å². The highest BCUT2D eigenvalue weighted by atomic mass is 19.1. The highest BCUT2D eigenvalue weighted by Gasteiger charge is 2.20. The third kappa shape index (κ3) is 11.6. The van der Waals surface area contributed by atoms with Crippen LogP contribution in [-0.2, 0) is 0 Å². The first kappa shape index (κ1) is 31.0. The van der Waals surface area contributed by atoms with Crippen molar-refractivity contribution in [2.45, 2.75) is 110 Å². The summed E-state index contributed by atoms with van der Waals surface area (Å²) in [6, 6.07) is 11.2. The molecule has 4 nitrogen and oxygen atoms in total. The van der Waals surface area contributed by atoms with Crippen LogP contribution in [0.3, 0.4) is 0 Å². The summed E-state index contributed by atoms with van der Waals surface area (Å²) < 4.78 is 31.1. The van der Waals surface area contributed by atoms with Crippen molar-refractivity contribution in [3.63, 3.8) is 0 Å². The summed E-state index contributed by atoms with van der Waals surface area (Å²) in [5.74, 6) is 1.96. The van der Waals surface area contributed by atoms with Crippen LogP contribution >= 0.6 is 0 Å². The molecule has 1 aliphatic rings. The monoisotopic (exact) mass is 540 g/mol. The molecular formula is C34H49FO4. The lowest BCUT2D eigenvalue weighted by atomic mass is 9.78. The molecule has 0 spiro atoms. The zero-order chi connectivity index (χ0) is 27.7. The van der Waals surface area contributed by atoms with Crippen molar-refractivity contribution in [3.8, 4) is 17.2 Å².